The summed E-state index contributed by atoms with van der Waals surface area (Å²) < 4.78 is 0. The van der Waals surface area contributed by atoms with Crippen LogP contribution in [-0.4, -0.2) is 18.2 Å². The molecule has 0 heterocycles. The lowest BCUT2D eigenvalue weighted by Crippen LogP contribution is -2.13. The largest absolute Gasteiger partial charge is 0.320 e. The first-order valence-electron chi connectivity index (χ1n) is 4.37. The topological polar surface area (TPSA) is 50.5 Å². The molecule has 0 bridgehead atoms. The molecule has 0 unspecified atom stereocenters. The van der Waals surface area contributed by atoms with E-state index < -0.39 is 0 Å². The van der Waals surface area contributed by atoms with Crippen molar-refractivity contribution in [2.45, 2.75) is 6.92 Å². The molecule has 0 saturated heterocycles. The molecule has 4 heteroatoms. The summed E-state index contributed by atoms with van der Waals surface area (Å²) in [6.45, 7) is 7.80. The number of nitrogens with zero attached hydrogens (tertiary/aromatic N) is 1. The van der Waals surface area contributed by atoms with Crippen LogP contribution in [0.2, 0.25) is 0 Å². The molecule has 0 atom stereocenters. The van der Waals surface area contributed by atoms with Crippen molar-refractivity contribution in [3.63, 3.8) is 0 Å². The summed E-state index contributed by atoms with van der Waals surface area (Å²) in [5.41, 5.74) is 1.19. The Labute approximate surface area is 87.7 Å². The number of nitrogens with one attached hydrogen (secondary N) is 1. The molecule has 4 nitrogen and oxygen atoms in total. The zero-order valence-corrected chi connectivity index (χ0v) is 8.28. The minimum absolute atomic E-state index is 0.0194. The average molecular weight is 202 g/mol. The first kappa shape index (κ1) is 10.9. The van der Waals surface area contributed by atoms with Crippen LogP contribution in [0, 0.1) is 6.57 Å². The van der Waals surface area contributed by atoms with E-state index in [0.717, 1.165) is 0 Å². The van der Waals surface area contributed by atoms with E-state index in [9.17, 15) is 9.59 Å². The number of benzene rings is 1. The second-order valence-electron chi connectivity index (χ2n) is 3.00. The maximum absolute atomic E-state index is 11.0. The van der Waals surface area contributed by atoms with Crippen LogP contribution in [0.1, 0.15) is 17.3 Å². The van der Waals surface area contributed by atoms with Crippen molar-refractivity contribution in [3.8, 4) is 0 Å². The molecule has 0 aliphatic rings. The molecule has 0 aromatic heterocycles. The van der Waals surface area contributed by atoms with E-state index in [2.05, 4.69) is 10.2 Å². The molecule has 1 aromatic carbocycles. The summed E-state index contributed by atoms with van der Waals surface area (Å²) in [5, 5.41) is 2.54. The fraction of sp³-hybridized carbons (Fsp3) is 0.182. The number of amides is 1. The van der Waals surface area contributed by atoms with Gasteiger partial charge in [0, 0.05) is 11.3 Å². The summed E-state index contributed by atoms with van der Waals surface area (Å²) in [5.74, 6) is -0.366. The van der Waals surface area contributed by atoms with Crippen molar-refractivity contribution in [2.24, 2.45) is 0 Å². The molecular weight excluding hydrogens is 192 g/mol. The van der Waals surface area contributed by atoms with E-state index in [1.165, 1.54) is 6.92 Å². The third kappa shape index (κ3) is 3.24. The van der Waals surface area contributed by atoms with Crippen LogP contribution >= 0.6 is 0 Å². The molecule has 0 aliphatic carbocycles. The van der Waals surface area contributed by atoms with E-state index in [0.29, 0.717) is 11.3 Å². The average Bonchev–Trinajstić information content (AvgIpc) is 2.18. The molecule has 0 fully saturated rings. The number of ketones is 1. The minimum atomic E-state index is -0.347. The smallest absolute Gasteiger partial charge is 0.304 e. The number of anilines is 1. The highest BCUT2D eigenvalue weighted by molar-refractivity contribution is 5.96. The Morgan fingerprint density at radius 1 is 1.33 bits per heavy atom. The second-order valence-corrected chi connectivity index (χ2v) is 3.00. The first-order chi connectivity index (χ1) is 7.13. The van der Waals surface area contributed by atoms with Crippen molar-refractivity contribution in [1.82, 2.24) is 0 Å². The standard InChI is InChI=1S/C11H10N2O2/c1-8(14)9-3-5-10(6-4-9)13-11(15)7-12-2/h3-6H,7H2,1H3,(H,13,15). The Bertz CT molecular complexity index is 415. The van der Waals surface area contributed by atoms with Gasteiger partial charge in [-0.2, -0.15) is 0 Å². The Kier molecular flexibility index (Phi) is 3.58. The van der Waals surface area contributed by atoms with Gasteiger partial charge in [0.15, 0.2) is 5.78 Å². The van der Waals surface area contributed by atoms with Gasteiger partial charge < -0.3 is 10.2 Å². The maximum Gasteiger partial charge on any atom is 0.304 e. The summed E-state index contributed by atoms with van der Waals surface area (Å²) in [6.07, 6.45) is 0. The number of Topliss-reactive ketones (excluding diaryl/α,β-unsaturated/α-hetero) is 1. The monoisotopic (exact) mass is 202 g/mol. The number of carbonyl (C=O) groups is 2. The van der Waals surface area contributed by atoms with Gasteiger partial charge in [-0.05, 0) is 31.2 Å². The summed E-state index contributed by atoms with van der Waals surface area (Å²) in [7, 11) is 0. The van der Waals surface area contributed by atoms with Gasteiger partial charge in [0.1, 0.15) is 0 Å². The maximum atomic E-state index is 11.0. The molecule has 1 amide bonds. The van der Waals surface area contributed by atoms with Gasteiger partial charge in [0.2, 0.25) is 0 Å². The molecule has 1 rings (SSSR count). The molecule has 0 saturated carbocycles. The highest BCUT2D eigenvalue weighted by Crippen LogP contribution is 2.09. The quantitative estimate of drug-likeness (QED) is 0.599. The fourth-order valence-corrected chi connectivity index (χ4v) is 1.06. The van der Waals surface area contributed by atoms with Crippen LogP contribution in [0.25, 0.3) is 4.85 Å². The van der Waals surface area contributed by atoms with Gasteiger partial charge in [-0.25, -0.2) is 6.57 Å². The van der Waals surface area contributed by atoms with Crippen molar-refractivity contribution >= 4 is 17.4 Å². The van der Waals surface area contributed by atoms with Crippen molar-refractivity contribution in [3.05, 3.63) is 41.2 Å². The van der Waals surface area contributed by atoms with E-state index in [-0.39, 0.29) is 18.2 Å². The van der Waals surface area contributed by atoms with E-state index in [4.69, 9.17) is 6.57 Å². The fourth-order valence-electron chi connectivity index (χ4n) is 1.06. The lowest BCUT2D eigenvalue weighted by molar-refractivity contribution is -0.114. The molecule has 1 aromatic rings. The molecule has 0 aliphatic heterocycles. The van der Waals surface area contributed by atoms with Crippen molar-refractivity contribution in [1.29, 1.82) is 0 Å². The molecule has 76 valence electrons. The van der Waals surface area contributed by atoms with E-state index >= 15 is 0 Å². The number of hydrogen-bond acceptors (Lipinski definition) is 2. The summed E-state index contributed by atoms with van der Waals surface area (Å²) in [6, 6.07) is 6.54. The van der Waals surface area contributed by atoms with Gasteiger partial charge >= 0.3 is 5.91 Å². The first-order valence-corrected chi connectivity index (χ1v) is 4.37. The van der Waals surface area contributed by atoms with Gasteiger partial charge in [-0.15, -0.1) is 0 Å². The molecule has 1 N–H and O–H groups in total. The van der Waals surface area contributed by atoms with Gasteiger partial charge in [-0.3, -0.25) is 9.59 Å². The molecular formula is C11H10N2O2. The Balaban J connectivity index is 2.69. The van der Waals surface area contributed by atoms with Crippen molar-refractivity contribution in [2.75, 3.05) is 11.9 Å². The van der Waals surface area contributed by atoms with Crippen LogP contribution < -0.4 is 5.32 Å². The molecule has 0 radical (unpaired) electrons. The van der Waals surface area contributed by atoms with Crippen LogP contribution in [0.15, 0.2) is 24.3 Å². The zero-order chi connectivity index (χ0) is 11.3. The summed E-state index contributed by atoms with van der Waals surface area (Å²) in [4.78, 5) is 25.0. The van der Waals surface area contributed by atoms with Gasteiger partial charge in [-0.1, -0.05) is 0 Å². The van der Waals surface area contributed by atoms with E-state index in [1.807, 2.05) is 0 Å². The van der Waals surface area contributed by atoms with Crippen LogP contribution in [0.5, 0.6) is 0 Å². The zero-order valence-electron chi connectivity index (χ0n) is 8.28. The third-order valence-corrected chi connectivity index (χ3v) is 1.80. The third-order valence-electron chi connectivity index (χ3n) is 1.80. The van der Waals surface area contributed by atoms with E-state index in [1.54, 1.807) is 24.3 Å². The van der Waals surface area contributed by atoms with Crippen LogP contribution in [0.3, 0.4) is 0 Å². The van der Waals surface area contributed by atoms with Crippen LogP contribution in [0.4, 0.5) is 5.69 Å². The lowest BCUT2D eigenvalue weighted by Gasteiger charge is -2.01. The highest BCUT2D eigenvalue weighted by atomic mass is 16.1. The predicted molar refractivity (Wildman–Crippen MR) is 56.5 cm³/mol. The number of hydrogen-bond donors (Lipinski definition) is 1. The molecule has 15 heavy (non-hydrogen) atoms. The Morgan fingerprint density at radius 3 is 2.40 bits per heavy atom. The SMILES string of the molecule is [C-]#[N+]CC(=O)Nc1ccc(C(C)=O)cc1. The number of carbonyl (C=O) groups excluding carboxylic acids is 2. The lowest BCUT2D eigenvalue weighted by atomic mass is 10.1. The van der Waals surface area contributed by atoms with Crippen molar-refractivity contribution < 1.29 is 9.59 Å². The normalized spacial score (nSPS) is 9.07. The van der Waals surface area contributed by atoms with Gasteiger partial charge in [0.05, 0.1) is 0 Å². The number of rotatable bonds is 3. The summed E-state index contributed by atoms with van der Waals surface area (Å²) >= 11 is 0. The minimum Gasteiger partial charge on any atom is -0.320 e. The second kappa shape index (κ2) is 4.91. The predicted octanol–water partition coefficient (Wildman–Crippen LogP) is 1.75. The molecule has 0 spiro atoms. The highest BCUT2D eigenvalue weighted by Gasteiger charge is 2.04. The van der Waals surface area contributed by atoms with Crippen LogP contribution in [-0.2, 0) is 4.79 Å². The van der Waals surface area contributed by atoms with Gasteiger partial charge in [0.25, 0.3) is 6.54 Å². The Morgan fingerprint density at radius 2 is 1.93 bits per heavy atom. The Hall–Kier alpha value is -2.15.